The molecule has 4 rings (SSSR count). The van der Waals surface area contributed by atoms with Gasteiger partial charge in [0.05, 0.1) is 21.3 Å². The summed E-state index contributed by atoms with van der Waals surface area (Å²) in [5.41, 5.74) is 3.60. The SMILES string of the molecule is CCCCC1=NN2C(=N)/C(=C/c3cc(C)n(-c4cccc(Cl)c4Cl)c3C)C(=O)N=C2S1. The van der Waals surface area contributed by atoms with Gasteiger partial charge in [0, 0.05) is 11.4 Å². The zero-order chi connectivity index (χ0) is 22.3. The molecule has 9 heteroatoms. The molecule has 31 heavy (non-hydrogen) atoms. The van der Waals surface area contributed by atoms with Crippen LogP contribution in [0.1, 0.15) is 43.1 Å². The lowest BCUT2D eigenvalue weighted by Crippen LogP contribution is -2.35. The summed E-state index contributed by atoms with van der Waals surface area (Å²) in [6.45, 7) is 6.01. The Hall–Kier alpha value is -2.35. The van der Waals surface area contributed by atoms with Crippen molar-refractivity contribution in [3.05, 3.63) is 56.8 Å². The van der Waals surface area contributed by atoms with Gasteiger partial charge in [-0.05, 0) is 68.3 Å². The molecule has 0 atom stereocenters. The Morgan fingerprint density at radius 1 is 1.26 bits per heavy atom. The molecule has 160 valence electrons. The number of aliphatic imine (C=N–C) groups is 1. The number of carbonyl (C=O) groups is 1. The number of carbonyl (C=O) groups excluding carboxylic acids is 1. The van der Waals surface area contributed by atoms with Crippen molar-refractivity contribution >= 4 is 63.0 Å². The summed E-state index contributed by atoms with van der Waals surface area (Å²) in [5.74, 6) is -0.388. The molecule has 1 amide bonds. The van der Waals surface area contributed by atoms with E-state index in [-0.39, 0.29) is 11.4 Å². The van der Waals surface area contributed by atoms with Crippen molar-refractivity contribution in [2.75, 3.05) is 0 Å². The van der Waals surface area contributed by atoms with Crippen LogP contribution in [-0.4, -0.2) is 31.5 Å². The average Bonchev–Trinajstić information content (AvgIpc) is 3.26. The van der Waals surface area contributed by atoms with Crippen molar-refractivity contribution in [3.8, 4) is 5.69 Å². The molecule has 0 saturated carbocycles. The van der Waals surface area contributed by atoms with E-state index in [1.54, 1.807) is 12.1 Å². The largest absolute Gasteiger partial charge is 0.316 e. The van der Waals surface area contributed by atoms with Gasteiger partial charge in [-0.2, -0.15) is 15.1 Å². The number of amides is 1. The van der Waals surface area contributed by atoms with Crippen molar-refractivity contribution in [3.63, 3.8) is 0 Å². The molecule has 0 unspecified atom stereocenters. The average molecular weight is 474 g/mol. The highest BCUT2D eigenvalue weighted by atomic mass is 35.5. The van der Waals surface area contributed by atoms with Crippen LogP contribution in [-0.2, 0) is 4.79 Å². The maximum absolute atomic E-state index is 12.7. The van der Waals surface area contributed by atoms with E-state index in [0.29, 0.717) is 15.2 Å². The molecule has 2 aromatic rings. The Bertz CT molecular complexity index is 1190. The van der Waals surface area contributed by atoms with E-state index in [4.69, 9.17) is 28.6 Å². The first kappa shape index (κ1) is 21.9. The number of amidine groups is 2. The van der Waals surface area contributed by atoms with E-state index in [1.807, 2.05) is 36.6 Å². The predicted molar refractivity (Wildman–Crippen MR) is 130 cm³/mol. The highest BCUT2D eigenvalue weighted by Crippen LogP contribution is 2.34. The Kier molecular flexibility index (Phi) is 6.10. The second-order valence-corrected chi connectivity index (χ2v) is 9.18. The van der Waals surface area contributed by atoms with Crippen LogP contribution in [0.3, 0.4) is 0 Å². The highest BCUT2D eigenvalue weighted by Gasteiger charge is 2.35. The number of hydrogen-bond donors (Lipinski definition) is 1. The van der Waals surface area contributed by atoms with Crippen LogP contribution in [0, 0.1) is 19.3 Å². The molecule has 0 saturated heterocycles. The van der Waals surface area contributed by atoms with Crippen LogP contribution in [0.25, 0.3) is 11.8 Å². The van der Waals surface area contributed by atoms with Gasteiger partial charge in [-0.25, -0.2) is 0 Å². The van der Waals surface area contributed by atoms with E-state index in [0.717, 1.165) is 46.9 Å². The zero-order valence-corrected chi connectivity index (χ0v) is 19.7. The molecule has 0 radical (unpaired) electrons. The topological polar surface area (TPSA) is 73.8 Å². The first-order valence-corrected chi connectivity index (χ1v) is 11.5. The summed E-state index contributed by atoms with van der Waals surface area (Å²) in [6.07, 6.45) is 4.58. The van der Waals surface area contributed by atoms with Gasteiger partial charge in [0.15, 0.2) is 5.84 Å². The second kappa shape index (κ2) is 8.65. The molecular weight excluding hydrogens is 453 g/mol. The lowest BCUT2D eigenvalue weighted by atomic mass is 10.1. The van der Waals surface area contributed by atoms with Gasteiger partial charge in [-0.15, -0.1) is 0 Å². The number of fused-ring (bicyclic) bond motifs is 1. The fourth-order valence-corrected chi connectivity index (χ4v) is 4.89. The summed E-state index contributed by atoms with van der Waals surface area (Å²) >= 11 is 14.0. The maximum Gasteiger partial charge on any atom is 0.283 e. The number of thioether (sulfide) groups is 1. The smallest absolute Gasteiger partial charge is 0.283 e. The molecule has 0 aliphatic carbocycles. The van der Waals surface area contributed by atoms with E-state index in [9.17, 15) is 4.79 Å². The van der Waals surface area contributed by atoms with Gasteiger partial charge in [0.1, 0.15) is 5.04 Å². The quantitative estimate of drug-likeness (QED) is 0.524. The zero-order valence-electron chi connectivity index (χ0n) is 17.4. The van der Waals surface area contributed by atoms with E-state index >= 15 is 0 Å². The fourth-order valence-electron chi connectivity index (χ4n) is 3.59. The fraction of sp³-hybridized carbons (Fsp3) is 0.273. The monoisotopic (exact) mass is 473 g/mol. The summed E-state index contributed by atoms with van der Waals surface area (Å²) in [7, 11) is 0. The van der Waals surface area contributed by atoms with Crippen LogP contribution in [0.2, 0.25) is 10.0 Å². The molecule has 0 bridgehead atoms. The van der Waals surface area contributed by atoms with Crippen LogP contribution >= 0.6 is 35.0 Å². The minimum atomic E-state index is -0.429. The molecule has 1 aromatic carbocycles. The van der Waals surface area contributed by atoms with Crippen molar-refractivity contribution in [2.24, 2.45) is 10.1 Å². The van der Waals surface area contributed by atoms with E-state index < -0.39 is 5.91 Å². The van der Waals surface area contributed by atoms with Gasteiger partial charge < -0.3 is 4.57 Å². The number of rotatable bonds is 5. The van der Waals surface area contributed by atoms with Gasteiger partial charge in [0.2, 0.25) is 5.17 Å². The third-order valence-electron chi connectivity index (χ3n) is 5.18. The number of halogens is 2. The molecule has 3 heterocycles. The van der Waals surface area contributed by atoms with Crippen LogP contribution in [0.4, 0.5) is 0 Å². The molecule has 1 N–H and O–H groups in total. The predicted octanol–water partition coefficient (Wildman–Crippen LogP) is 6.21. The third-order valence-corrected chi connectivity index (χ3v) is 6.96. The lowest BCUT2D eigenvalue weighted by Gasteiger charge is -2.20. The molecular formula is C22H21Cl2N5OS. The van der Waals surface area contributed by atoms with E-state index in [2.05, 4.69) is 17.0 Å². The molecule has 2 aliphatic heterocycles. The molecule has 0 spiro atoms. The van der Waals surface area contributed by atoms with Crippen molar-refractivity contribution in [1.29, 1.82) is 5.41 Å². The first-order valence-electron chi connectivity index (χ1n) is 9.94. The third kappa shape index (κ3) is 3.97. The number of aryl methyl sites for hydroxylation is 1. The normalized spacial score (nSPS) is 17.3. The number of hydrazone groups is 1. The number of benzene rings is 1. The van der Waals surface area contributed by atoms with Gasteiger partial charge in [-0.3, -0.25) is 10.2 Å². The van der Waals surface area contributed by atoms with Crippen LogP contribution in [0.5, 0.6) is 0 Å². The molecule has 1 aromatic heterocycles. The van der Waals surface area contributed by atoms with E-state index in [1.165, 1.54) is 16.8 Å². The minimum Gasteiger partial charge on any atom is -0.316 e. The minimum absolute atomic E-state index is 0.0413. The van der Waals surface area contributed by atoms with Crippen molar-refractivity contribution in [2.45, 2.75) is 40.0 Å². The summed E-state index contributed by atoms with van der Waals surface area (Å²) in [6, 6.07) is 7.43. The van der Waals surface area contributed by atoms with Crippen molar-refractivity contribution in [1.82, 2.24) is 9.58 Å². The number of nitrogens with zero attached hydrogens (tertiary/aromatic N) is 4. The van der Waals surface area contributed by atoms with Gasteiger partial charge in [-0.1, -0.05) is 42.6 Å². The number of aromatic nitrogens is 1. The number of unbranched alkanes of at least 4 members (excludes halogenated alkanes) is 1. The van der Waals surface area contributed by atoms with Crippen molar-refractivity contribution < 1.29 is 4.79 Å². The number of nitrogens with one attached hydrogen (secondary N) is 1. The second-order valence-electron chi connectivity index (χ2n) is 7.35. The van der Waals surface area contributed by atoms with Crippen LogP contribution in [0.15, 0.2) is 39.9 Å². The Morgan fingerprint density at radius 3 is 2.77 bits per heavy atom. The van der Waals surface area contributed by atoms with Gasteiger partial charge >= 0.3 is 0 Å². The molecule has 2 aliphatic rings. The Balaban J connectivity index is 1.72. The maximum atomic E-state index is 12.7. The first-order chi connectivity index (χ1) is 14.8. The standard InChI is InChI=1S/C22H21Cl2N5OS/c1-4-5-9-18-27-29-20(25)15(21(30)26-22(29)31-18)11-14-10-12(2)28(13(14)3)17-8-6-7-16(23)19(17)24/h6-8,10-11,25H,4-5,9H2,1-3H3/b15-11-,25-20?. The Labute approximate surface area is 195 Å². The lowest BCUT2D eigenvalue weighted by molar-refractivity contribution is -0.114. The summed E-state index contributed by atoms with van der Waals surface area (Å²) < 4.78 is 1.99. The molecule has 0 fully saturated rings. The van der Waals surface area contributed by atoms with Crippen LogP contribution < -0.4 is 0 Å². The van der Waals surface area contributed by atoms with Gasteiger partial charge in [0.25, 0.3) is 5.91 Å². The number of hydrogen-bond acceptors (Lipinski definition) is 4. The highest BCUT2D eigenvalue weighted by molar-refractivity contribution is 8.26. The summed E-state index contributed by atoms with van der Waals surface area (Å²) in [4.78, 5) is 16.9. The Morgan fingerprint density at radius 2 is 2.03 bits per heavy atom. The summed E-state index contributed by atoms with van der Waals surface area (Å²) in [5, 5.41) is 16.8. The molecule has 6 nitrogen and oxygen atoms in total.